The van der Waals surface area contributed by atoms with E-state index < -0.39 is 10.1 Å². The van der Waals surface area contributed by atoms with Crippen molar-refractivity contribution in [3.63, 3.8) is 0 Å². The van der Waals surface area contributed by atoms with Crippen molar-refractivity contribution >= 4 is 10.1 Å². The largest absolute Gasteiger partial charge is 0.396 e. The van der Waals surface area contributed by atoms with Crippen LogP contribution in [0.5, 0.6) is 0 Å². The van der Waals surface area contributed by atoms with Crippen LogP contribution in [0.4, 0.5) is 0 Å². The molecule has 0 amide bonds. The lowest BCUT2D eigenvalue weighted by molar-refractivity contribution is 0.250. The van der Waals surface area contributed by atoms with Gasteiger partial charge in [0.05, 0.1) is 12.9 Å². The van der Waals surface area contributed by atoms with Crippen LogP contribution >= 0.6 is 0 Å². The van der Waals surface area contributed by atoms with Crippen molar-refractivity contribution in [2.24, 2.45) is 22.7 Å². The van der Waals surface area contributed by atoms with Crippen molar-refractivity contribution in [3.8, 4) is 0 Å². The minimum atomic E-state index is -3.24. The third-order valence-electron chi connectivity index (χ3n) is 5.50. The quantitative estimate of drug-likeness (QED) is 0.713. The van der Waals surface area contributed by atoms with E-state index in [2.05, 4.69) is 27.7 Å². The average molecular weight is 363 g/mol. The highest BCUT2D eigenvalue weighted by molar-refractivity contribution is 7.85. The predicted molar refractivity (Wildman–Crippen MR) is 99.4 cm³/mol. The lowest BCUT2D eigenvalue weighted by Crippen LogP contribution is -2.09. The van der Waals surface area contributed by atoms with Crippen molar-refractivity contribution in [1.29, 1.82) is 0 Å². The molecular weight excluding hydrogens is 324 g/mol. The van der Waals surface area contributed by atoms with E-state index in [-0.39, 0.29) is 0 Å². The molecule has 0 spiro atoms. The number of rotatable bonds is 6. The molecule has 0 bridgehead atoms. The molecule has 5 heteroatoms. The molecule has 24 heavy (non-hydrogen) atoms. The molecule has 2 aliphatic carbocycles. The Balaban J connectivity index is 0.000000254. The van der Waals surface area contributed by atoms with Crippen molar-refractivity contribution in [3.05, 3.63) is 0 Å². The minimum absolute atomic E-state index is 0.347. The van der Waals surface area contributed by atoms with Gasteiger partial charge in [0.1, 0.15) is 0 Å². The second-order valence-corrected chi connectivity index (χ2v) is 11.0. The Morgan fingerprint density at radius 1 is 0.958 bits per heavy atom. The molecule has 0 aromatic rings. The summed E-state index contributed by atoms with van der Waals surface area (Å²) in [5.41, 5.74) is 0.996. The molecule has 0 aromatic heterocycles. The Kier molecular flexibility index (Phi) is 8.21. The molecule has 0 heterocycles. The van der Waals surface area contributed by atoms with Gasteiger partial charge in [-0.2, -0.15) is 8.42 Å². The molecule has 2 rings (SSSR count). The molecule has 2 fully saturated rings. The second kappa shape index (κ2) is 9.00. The maximum atomic E-state index is 10.7. The Hall–Kier alpha value is -0.130. The Bertz CT molecular complexity index is 468. The molecule has 2 unspecified atom stereocenters. The first-order valence-electron chi connectivity index (χ1n) is 9.38. The first-order valence-corrected chi connectivity index (χ1v) is 11.2. The van der Waals surface area contributed by atoms with Gasteiger partial charge in [-0.1, -0.05) is 27.7 Å². The van der Waals surface area contributed by atoms with Gasteiger partial charge in [-0.25, -0.2) is 0 Å². The summed E-state index contributed by atoms with van der Waals surface area (Å²) in [6.07, 6.45) is 10.6. The van der Waals surface area contributed by atoms with Crippen LogP contribution in [-0.4, -0.2) is 33.0 Å². The zero-order chi connectivity index (χ0) is 18.4. The van der Waals surface area contributed by atoms with Crippen LogP contribution in [0, 0.1) is 22.7 Å². The third kappa shape index (κ3) is 9.38. The first-order chi connectivity index (χ1) is 10.9. The van der Waals surface area contributed by atoms with E-state index in [4.69, 9.17) is 9.29 Å². The van der Waals surface area contributed by atoms with Gasteiger partial charge in [0.15, 0.2) is 0 Å². The summed E-state index contributed by atoms with van der Waals surface area (Å²) in [5.74, 6) is 1.45. The summed E-state index contributed by atoms with van der Waals surface area (Å²) < 4.78 is 26.2. The fraction of sp³-hybridized carbons (Fsp3) is 1.00. The Morgan fingerprint density at radius 2 is 1.42 bits per heavy atom. The zero-order valence-corrected chi connectivity index (χ0v) is 17.1. The van der Waals surface area contributed by atoms with E-state index in [9.17, 15) is 8.42 Å². The van der Waals surface area contributed by atoms with Crippen molar-refractivity contribution in [2.75, 3.05) is 19.5 Å². The molecule has 0 saturated heterocycles. The summed E-state index contributed by atoms with van der Waals surface area (Å²) >= 11 is 0. The minimum Gasteiger partial charge on any atom is -0.396 e. The molecule has 144 valence electrons. The standard InChI is InChI=1S/C10H20O3S.C9H18O/c1-10(2)6-4-9(8-10)5-7-13-14(3,11)12;1-9(2)5-3-8(7-9)4-6-10/h9H,4-8H2,1-3H3;8,10H,3-7H2,1-2H3. The van der Waals surface area contributed by atoms with E-state index in [1.807, 2.05) is 0 Å². The van der Waals surface area contributed by atoms with Crippen LogP contribution in [0.1, 0.15) is 79.1 Å². The molecule has 1 N–H and O–H groups in total. The van der Waals surface area contributed by atoms with Crippen molar-refractivity contribution in [2.45, 2.75) is 79.1 Å². The molecular formula is C19H38O4S. The van der Waals surface area contributed by atoms with Crippen LogP contribution < -0.4 is 0 Å². The smallest absolute Gasteiger partial charge is 0.264 e. The molecule has 0 aliphatic heterocycles. The van der Waals surface area contributed by atoms with E-state index >= 15 is 0 Å². The summed E-state index contributed by atoms with van der Waals surface area (Å²) in [7, 11) is -3.24. The van der Waals surface area contributed by atoms with Crippen LogP contribution in [0.15, 0.2) is 0 Å². The lowest BCUT2D eigenvalue weighted by Gasteiger charge is -2.16. The van der Waals surface area contributed by atoms with E-state index in [0.717, 1.165) is 25.0 Å². The van der Waals surface area contributed by atoms with Crippen LogP contribution in [0.3, 0.4) is 0 Å². The lowest BCUT2D eigenvalue weighted by atomic mass is 9.90. The van der Waals surface area contributed by atoms with E-state index in [0.29, 0.717) is 30.0 Å². The molecule has 2 atom stereocenters. The van der Waals surface area contributed by atoms with Gasteiger partial charge in [0.2, 0.25) is 0 Å². The first kappa shape index (κ1) is 21.9. The van der Waals surface area contributed by atoms with Crippen molar-refractivity contribution in [1.82, 2.24) is 0 Å². The highest BCUT2D eigenvalue weighted by Gasteiger charge is 2.31. The molecule has 4 nitrogen and oxygen atoms in total. The van der Waals surface area contributed by atoms with Gasteiger partial charge < -0.3 is 5.11 Å². The van der Waals surface area contributed by atoms with Gasteiger partial charge in [0.25, 0.3) is 10.1 Å². The molecule has 2 aliphatic rings. The number of hydrogen-bond donors (Lipinski definition) is 1. The molecule has 2 saturated carbocycles. The normalized spacial score (nSPS) is 28.4. The van der Waals surface area contributed by atoms with Crippen molar-refractivity contribution < 1.29 is 17.7 Å². The third-order valence-corrected chi connectivity index (χ3v) is 6.10. The molecule has 0 aromatic carbocycles. The van der Waals surface area contributed by atoms with Crippen LogP contribution in [0.2, 0.25) is 0 Å². The van der Waals surface area contributed by atoms with E-state index in [1.54, 1.807) is 0 Å². The van der Waals surface area contributed by atoms with Gasteiger partial charge >= 0.3 is 0 Å². The fourth-order valence-electron chi connectivity index (χ4n) is 4.20. The molecule has 0 radical (unpaired) electrons. The Labute approximate surface area is 149 Å². The monoisotopic (exact) mass is 362 g/mol. The van der Waals surface area contributed by atoms with Gasteiger partial charge in [-0.15, -0.1) is 0 Å². The van der Waals surface area contributed by atoms with E-state index in [1.165, 1.54) is 38.5 Å². The number of aliphatic hydroxyl groups excluding tert-OH is 1. The fourth-order valence-corrected chi connectivity index (χ4v) is 4.60. The summed E-state index contributed by atoms with van der Waals surface area (Å²) in [4.78, 5) is 0. The predicted octanol–water partition coefficient (Wildman–Crippen LogP) is 4.37. The maximum absolute atomic E-state index is 10.7. The highest BCUT2D eigenvalue weighted by atomic mass is 32.2. The average Bonchev–Trinajstić information content (AvgIpc) is 2.91. The Morgan fingerprint density at radius 3 is 1.75 bits per heavy atom. The topological polar surface area (TPSA) is 63.6 Å². The maximum Gasteiger partial charge on any atom is 0.264 e. The highest BCUT2D eigenvalue weighted by Crippen LogP contribution is 2.42. The number of hydrogen-bond acceptors (Lipinski definition) is 4. The SMILES string of the molecule is CC1(C)CCC(CCO)C1.CC1(C)CCC(CCOS(C)(=O)=O)C1. The summed E-state index contributed by atoms with van der Waals surface area (Å²) in [6, 6.07) is 0. The summed E-state index contributed by atoms with van der Waals surface area (Å²) in [6.45, 7) is 9.91. The van der Waals surface area contributed by atoms with Crippen LogP contribution in [-0.2, 0) is 14.3 Å². The number of aliphatic hydroxyl groups is 1. The second-order valence-electron chi connectivity index (χ2n) is 9.37. The van der Waals surface area contributed by atoms with Gasteiger partial charge in [0, 0.05) is 6.61 Å². The van der Waals surface area contributed by atoms with Crippen LogP contribution in [0.25, 0.3) is 0 Å². The van der Waals surface area contributed by atoms with Gasteiger partial charge in [-0.3, -0.25) is 4.18 Å². The van der Waals surface area contributed by atoms with Gasteiger partial charge in [-0.05, 0) is 74.0 Å². The zero-order valence-electron chi connectivity index (χ0n) is 16.3. The summed E-state index contributed by atoms with van der Waals surface area (Å²) in [5, 5.41) is 8.70.